The summed E-state index contributed by atoms with van der Waals surface area (Å²) in [5.41, 5.74) is 3.50. The molecule has 4 nitrogen and oxygen atoms in total. The minimum absolute atomic E-state index is 0.292. The number of nitrogens with one attached hydrogen (secondary N) is 1. The van der Waals surface area contributed by atoms with Crippen molar-refractivity contribution in [2.45, 2.75) is 6.04 Å². The number of rotatable bonds is 3. The molecule has 2 aromatic heterocycles. The monoisotopic (exact) mass is 306 g/mol. The highest BCUT2D eigenvalue weighted by Crippen LogP contribution is 2.31. The first-order valence-corrected chi connectivity index (χ1v) is 6.26. The van der Waals surface area contributed by atoms with Crippen LogP contribution in [0.15, 0.2) is 56.0 Å². The highest BCUT2D eigenvalue weighted by Gasteiger charge is 2.20. The lowest BCUT2D eigenvalue weighted by Crippen LogP contribution is -2.28. The summed E-state index contributed by atoms with van der Waals surface area (Å²) < 4.78 is 12.1. The van der Waals surface area contributed by atoms with E-state index in [1.54, 1.807) is 6.26 Å². The predicted molar refractivity (Wildman–Crippen MR) is 71.8 cm³/mol. The van der Waals surface area contributed by atoms with Crippen LogP contribution in [-0.2, 0) is 0 Å². The zero-order valence-corrected chi connectivity index (χ0v) is 11.0. The molecule has 0 saturated heterocycles. The fourth-order valence-corrected chi connectivity index (χ4v) is 2.41. The fourth-order valence-electron chi connectivity index (χ4n) is 1.95. The van der Waals surface area contributed by atoms with E-state index < -0.39 is 0 Å². The van der Waals surface area contributed by atoms with Crippen LogP contribution in [0, 0.1) is 0 Å². The largest absolute Gasteiger partial charge is 0.467 e. The summed E-state index contributed by atoms with van der Waals surface area (Å²) in [4.78, 5) is 0. The Morgan fingerprint density at radius 2 is 2.06 bits per heavy atom. The van der Waals surface area contributed by atoms with Gasteiger partial charge in [0.1, 0.15) is 23.1 Å². The summed E-state index contributed by atoms with van der Waals surface area (Å²) in [7, 11) is 0. The van der Waals surface area contributed by atoms with Crippen LogP contribution in [-0.4, -0.2) is 0 Å². The van der Waals surface area contributed by atoms with Crippen molar-refractivity contribution >= 4 is 26.9 Å². The summed E-state index contributed by atoms with van der Waals surface area (Å²) in [5.74, 6) is 7.01. The second kappa shape index (κ2) is 4.61. The fraction of sp³-hybridized carbons (Fsp3) is 0.0769. The van der Waals surface area contributed by atoms with Crippen LogP contribution >= 0.6 is 15.9 Å². The normalized spacial score (nSPS) is 13.0. The molecule has 1 atom stereocenters. The van der Waals surface area contributed by atoms with Crippen molar-refractivity contribution in [3.05, 3.63) is 58.7 Å². The van der Waals surface area contributed by atoms with Crippen LogP contribution in [0.3, 0.4) is 0 Å². The molecule has 18 heavy (non-hydrogen) atoms. The standard InChI is InChI=1S/C13H11BrN2O2/c14-9-4-1-3-8-7-11(18-13(8)9)12(16-15)10-5-2-6-17-10/h1-7,12,16H,15H2. The van der Waals surface area contributed by atoms with Gasteiger partial charge in [-0.25, -0.2) is 5.43 Å². The van der Waals surface area contributed by atoms with E-state index in [1.807, 2.05) is 36.4 Å². The molecule has 1 aromatic carbocycles. The van der Waals surface area contributed by atoms with Crippen LogP contribution < -0.4 is 11.3 Å². The first kappa shape index (κ1) is 11.5. The number of nitrogens with two attached hydrogens (primary N) is 1. The number of halogens is 1. The molecule has 1 unspecified atom stereocenters. The van der Waals surface area contributed by atoms with Gasteiger partial charge in [-0.05, 0) is 40.2 Å². The average Bonchev–Trinajstić information content (AvgIpc) is 3.00. The molecular formula is C13H11BrN2O2. The third-order valence-corrected chi connectivity index (χ3v) is 3.42. The molecule has 3 aromatic rings. The number of benzene rings is 1. The Labute approximate surface area is 112 Å². The van der Waals surface area contributed by atoms with Gasteiger partial charge >= 0.3 is 0 Å². The lowest BCUT2D eigenvalue weighted by atomic mass is 10.1. The zero-order valence-electron chi connectivity index (χ0n) is 9.39. The Balaban J connectivity index is 2.11. The smallest absolute Gasteiger partial charge is 0.148 e. The van der Waals surface area contributed by atoms with E-state index in [9.17, 15) is 0 Å². The minimum atomic E-state index is -0.292. The van der Waals surface area contributed by atoms with E-state index in [0.29, 0.717) is 11.5 Å². The summed E-state index contributed by atoms with van der Waals surface area (Å²) >= 11 is 3.46. The van der Waals surface area contributed by atoms with Gasteiger partial charge in [0, 0.05) is 5.39 Å². The van der Waals surface area contributed by atoms with Crippen molar-refractivity contribution in [3.63, 3.8) is 0 Å². The molecule has 0 bridgehead atoms. The Kier molecular flexibility index (Phi) is 2.95. The van der Waals surface area contributed by atoms with Crippen molar-refractivity contribution in [2.75, 3.05) is 0 Å². The maximum absolute atomic E-state index is 5.83. The Hall–Kier alpha value is -1.56. The van der Waals surface area contributed by atoms with Gasteiger partial charge in [-0.2, -0.15) is 0 Å². The van der Waals surface area contributed by atoms with Gasteiger partial charge in [0.05, 0.1) is 10.7 Å². The van der Waals surface area contributed by atoms with E-state index in [4.69, 9.17) is 14.7 Å². The summed E-state index contributed by atoms with van der Waals surface area (Å²) in [6.07, 6.45) is 1.61. The van der Waals surface area contributed by atoms with E-state index in [0.717, 1.165) is 15.4 Å². The van der Waals surface area contributed by atoms with E-state index in [-0.39, 0.29) is 6.04 Å². The minimum Gasteiger partial charge on any atom is -0.467 e. The SMILES string of the molecule is NNC(c1ccco1)c1cc2cccc(Br)c2o1. The maximum Gasteiger partial charge on any atom is 0.148 e. The number of hydrogen-bond donors (Lipinski definition) is 2. The number of fused-ring (bicyclic) bond motifs is 1. The van der Waals surface area contributed by atoms with Gasteiger partial charge in [0.25, 0.3) is 0 Å². The third kappa shape index (κ3) is 1.86. The third-order valence-electron chi connectivity index (χ3n) is 2.79. The number of hydrogen-bond acceptors (Lipinski definition) is 4. The van der Waals surface area contributed by atoms with Crippen LogP contribution in [0.5, 0.6) is 0 Å². The molecule has 2 heterocycles. The van der Waals surface area contributed by atoms with E-state index >= 15 is 0 Å². The summed E-state index contributed by atoms with van der Waals surface area (Å²) in [5, 5.41) is 1.02. The number of para-hydroxylation sites is 1. The number of hydrazine groups is 1. The quantitative estimate of drug-likeness (QED) is 0.575. The molecule has 92 valence electrons. The van der Waals surface area contributed by atoms with Gasteiger partial charge in [-0.1, -0.05) is 12.1 Å². The van der Waals surface area contributed by atoms with Crippen molar-refractivity contribution in [2.24, 2.45) is 5.84 Å². The van der Waals surface area contributed by atoms with Crippen molar-refractivity contribution in [1.29, 1.82) is 0 Å². The Morgan fingerprint density at radius 3 is 2.72 bits per heavy atom. The van der Waals surface area contributed by atoms with Crippen molar-refractivity contribution < 1.29 is 8.83 Å². The predicted octanol–water partition coefficient (Wildman–Crippen LogP) is 3.34. The molecule has 0 aliphatic heterocycles. The van der Waals surface area contributed by atoms with Crippen LogP contribution in [0.25, 0.3) is 11.0 Å². The summed E-state index contributed by atoms with van der Waals surface area (Å²) in [6, 6.07) is 11.2. The zero-order chi connectivity index (χ0) is 12.5. The molecule has 5 heteroatoms. The molecule has 3 rings (SSSR count). The second-order valence-corrected chi connectivity index (χ2v) is 4.78. The van der Waals surface area contributed by atoms with Crippen LogP contribution in [0.2, 0.25) is 0 Å². The first-order chi connectivity index (χ1) is 8.79. The highest BCUT2D eigenvalue weighted by molar-refractivity contribution is 9.10. The van der Waals surface area contributed by atoms with Crippen molar-refractivity contribution in [1.82, 2.24) is 5.43 Å². The topological polar surface area (TPSA) is 64.3 Å². The van der Waals surface area contributed by atoms with Crippen LogP contribution in [0.4, 0.5) is 0 Å². The van der Waals surface area contributed by atoms with E-state index in [1.165, 1.54) is 0 Å². The van der Waals surface area contributed by atoms with Gasteiger partial charge in [-0.3, -0.25) is 5.84 Å². The molecule has 0 aliphatic rings. The maximum atomic E-state index is 5.83. The average molecular weight is 307 g/mol. The number of furan rings is 2. The van der Waals surface area contributed by atoms with Crippen molar-refractivity contribution in [3.8, 4) is 0 Å². The van der Waals surface area contributed by atoms with E-state index in [2.05, 4.69) is 21.4 Å². The highest BCUT2D eigenvalue weighted by atomic mass is 79.9. The molecular weight excluding hydrogens is 296 g/mol. The first-order valence-electron chi connectivity index (χ1n) is 5.47. The Morgan fingerprint density at radius 1 is 1.17 bits per heavy atom. The van der Waals surface area contributed by atoms with Gasteiger partial charge in [0.2, 0.25) is 0 Å². The lowest BCUT2D eigenvalue weighted by Gasteiger charge is -2.09. The van der Waals surface area contributed by atoms with Gasteiger partial charge < -0.3 is 8.83 Å². The summed E-state index contributed by atoms with van der Waals surface area (Å²) in [6.45, 7) is 0. The Bertz CT molecular complexity index is 661. The van der Waals surface area contributed by atoms with Crippen LogP contribution in [0.1, 0.15) is 17.6 Å². The molecule has 3 N–H and O–H groups in total. The molecule has 0 spiro atoms. The molecule has 0 fully saturated rings. The molecule has 0 radical (unpaired) electrons. The molecule has 0 saturated carbocycles. The second-order valence-electron chi connectivity index (χ2n) is 3.92. The molecule has 0 amide bonds. The van der Waals surface area contributed by atoms with Gasteiger partial charge in [0.15, 0.2) is 0 Å². The lowest BCUT2D eigenvalue weighted by molar-refractivity contribution is 0.403. The molecule has 0 aliphatic carbocycles. The van der Waals surface area contributed by atoms with Gasteiger partial charge in [-0.15, -0.1) is 0 Å².